The van der Waals surface area contributed by atoms with Crippen molar-refractivity contribution in [2.24, 2.45) is 4.99 Å². The second-order valence-electron chi connectivity index (χ2n) is 3.17. The lowest BCUT2D eigenvalue weighted by Crippen LogP contribution is -2.00. The molecule has 1 nitrogen and oxygen atoms in total. The van der Waals surface area contributed by atoms with E-state index in [1.54, 1.807) is 0 Å². The van der Waals surface area contributed by atoms with Gasteiger partial charge in [-0.1, -0.05) is 12.2 Å². The van der Waals surface area contributed by atoms with Crippen molar-refractivity contribution in [3.8, 4) is 0 Å². The normalized spacial score (nSPS) is 19.8. The fourth-order valence-electron chi connectivity index (χ4n) is 1.44. The summed E-state index contributed by atoms with van der Waals surface area (Å²) < 4.78 is 0. The maximum Gasteiger partial charge on any atom is 0.0401 e. The lowest BCUT2D eigenvalue weighted by molar-refractivity contribution is 0.717. The Labute approximate surface area is 74.9 Å². The van der Waals surface area contributed by atoms with Crippen molar-refractivity contribution in [2.75, 3.05) is 0 Å². The molecule has 0 spiro atoms. The predicted octanol–water partition coefficient (Wildman–Crippen LogP) is 3.48. The van der Waals surface area contributed by atoms with E-state index in [1.165, 1.54) is 37.0 Å². The highest BCUT2D eigenvalue weighted by Crippen LogP contribution is 2.18. The van der Waals surface area contributed by atoms with Crippen LogP contribution in [-0.2, 0) is 0 Å². The Kier molecular flexibility index (Phi) is 3.78. The molecule has 0 bridgehead atoms. The maximum absolute atomic E-state index is 4.33. The van der Waals surface area contributed by atoms with Gasteiger partial charge in [0.25, 0.3) is 0 Å². The molecular weight excluding hydrogens is 146 g/mol. The Bertz CT molecular complexity index is 221. The van der Waals surface area contributed by atoms with E-state index in [9.17, 15) is 0 Å². The van der Waals surface area contributed by atoms with Crippen LogP contribution in [0.1, 0.15) is 39.5 Å². The number of hydrogen-bond donors (Lipinski definition) is 0. The lowest BCUT2D eigenvalue weighted by atomic mass is 9.97. The SMILES string of the molecule is CC=CN=C(C)C1=CCCCC1. The van der Waals surface area contributed by atoms with Gasteiger partial charge in [-0.3, -0.25) is 4.99 Å². The molecule has 12 heavy (non-hydrogen) atoms. The third-order valence-electron chi connectivity index (χ3n) is 2.17. The molecule has 0 fully saturated rings. The van der Waals surface area contributed by atoms with Gasteiger partial charge in [-0.25, -0.2) is 0 Å². The Morgan fingerprint density at radius 2 is 2.33 bits per heavy atom. The van der Waals surface area contributed by atoms with Crippen LogP contribution in [0.2, 0.25) is 0 Å². The quantitative estimate of drug-likeness (QED) is 0.553. The summed E-state index contributed by atoms with van der Waals surface area (Å²) >= 11 is 0. The monoisotopic (exact) mass is 163 g/mol. The molecule has 0 aliphatic heterocycles. The van der Waals surface area contributed by atoms with Gasteiger partial charge in [0.05, 0.1) is 0 Å². The topological polar surface area (TPSA) is 12.4 Å². The first kappa shape index (κ1) is 9.24. The van der Waals surface area contributed by atoms with Crippen LogP contribution in [-0.4, -0.2) is 5.71 Å². The van der Waals surface area contributed by atoms with Gasteiger partial charge in [0.1, 0.15) is 0 Å². The molecule has 0 aromatic carbocycles. The summed E-state index contributed by atoms with van der Waals surface area (Å²) in [6.45, 7) is 4.09. The van der Waals surface area contributed by atoms with Crippen LogP contribution < -0.4 is 0 Å². The van der Waals surface area contributed by atoms with E-state index >= 15 is 0 Å². The lowest BCUT2D eigenvalue weighted by Gasteiger charge is -2.11. The Balaban J connectivity index is 2.61. The van der Waals surface area contributed by atoms with Crippen LogP contribution in [0.15, 0.2) is 28.9 Å². The molecule has 1 rings (SSSR count). The van der Waals surface area contributed by atoms with Crippen LogP contribution in [0.5, 0.6) is 0 Å². The number of nitrogens with zero attached hydrogens (tertiary/aromatic N) is 1. The molecule has 0 atom stereocenters. The number of allylic oxidation sites excluding steroid dienone is 3. The largest absolute Gasteiger partial charge is 0.262 e. The summed E-state index contributed by atoms with van der Waals surface area (Å²) in [5.41, 5.74) is 2.63. The maximum atomic E-state index is 4.33. The van der Waals surface area contributed by atoms with E-state index in [4.69, 9.17) is 0 Å². The summed E-state index contributed by atoms with van der Waals surface area (Å²) in [6, 6.07) is 0. The van der Waals surface area contributed by atoms with Crippen LogP contribution in [0.25, 0.3) is 0 Å². The molecule has 0 saturated heterocycles. The predicted molar refractivity (Wildman–Crippen MR) is 54.5 cm³/mol. The smallest absolute Gasteiger partial charge is 0.0401 e. The van der Waals surface area contributed by atoms with Crippen molar-refractivity contribution in [3.63, 3.8) is 0 Å². The fraction of sp³-hybridized carbons (Fsp3) is 0.545. The highest BCUT2D eigenvalue weighted by molar-refractivity contribution is 5.98. The van der Waals surface area contributed by atoms with E-state index in [0.717, 1.165) is 0 Å². The minimum Gasteiger partial charge on any atom is -0.262 e. The van der Waals surface area contributed by atoms with Crippen molar-refractivity contribution in [2.45, 2.75) is 39.5 Å². The van der Waals surface area contributed by atoms with Gasteiger partial charge in [0, 0.05) is 11.9 Å². The molecule has 0 amide bonds. The van der Waals surface area contributed by atoms with Crippen molar-refractivity contribution >= 4 is 5.71 Å². The summed E-state index contributed by atoms with van der Waals surface area (Å²) in [6.07, 6.45) is 11.3. The van der Waals surface area contributed by atoms with Crippen molar-refractivity contribution in [1.82, 2.24) is 0 Å². The summed E-state index contributed by atoms with van der Waals surface area (Å²) in [7, 11) is 0. The molecule has 0 aromatic heterocycles. The third-order valence-corrected chi connectivity index (χ3v) is 2.17. The van der Waals surface area contributed by atoms with E-state index in [0.29, 0.717) is 0 Å². The zero-order valence-corrected chi connectivity index (χ0v) is 8.01. The van der Waals surface area contributed by atoms with Gasteiger partial charge < -0.3 is 0 Å². The zero-order chi connectivity index (χ0) is 8.81. The summed E-state index contributed by atoms with van der Waals surface area (Å²) in [5.74, 6) is 0. The second-order valence-corrected chi connectivity index (χ2v) is 3.17. The molecule has 0 aromatic rings. The standard InChI is InChI=1S/C11H17N/c1-3-9-12-10(2)11-7-5-4-6-8-11/h3,7,9H,4-6,8H2,1-2H3. The van der Waals surface area contributed by atoms with Gasteiger partial charge in [-0.05, 0) is 45.1 Å². The Morgan fingerprint density at radius 3 is 2.92 bits per heavy atom. The first-order valence-corrected chi connectivity index (χ1v) is 4.69. The first-order chi connectivity index (χ1) is 5.84. The van der Waals surface area contributed by atoms with Gasteiger partial charge in [-0.15, -0.1) is 0 Å². The molecule has 66 valence electrons. The Hall–Kier alpha value is -0.850. The molecule has 0 N–H and O–H groups in total. The molecule has 1 aliphatic rings. The van der Waals surface area contributed by atoms with E-state index in [2.05, 4.69) is 18.0 Å². The number of aliphatic imine (C=N–C) groups is 1. The zero-order valence-electron chi connectivity index (χ0n) is 8.01. The van der Waals surface area contributed by atoms with E-state index in [1.807, 2.05) is 19.2 Å². The third kappa shape index (κ3) is 2.65. The second kappa shape index (κ2) is 4.91. The summed E-state index contributed by atoms with van der Waals surface area (Å²) in [5, 5.41) is 0. The van der Waals surface area contributed by atoms with Gasteiger partial charge in [0.2, 0.25) is 0 Å². The molecular formula is C11H17N. The summed E-state index contributed by atoms with van der Waals surface area (Å²) in [4.78, 5) is 4.33. The molecule has 0 radical (unpaired) electrons. The molecule has 0 saturated carbocycles. The van der Waals surface area contributed by atoms with Crippen molar-refractivity contribution in [1.29, 1.82) is 0 Å². The molecule has 1 heteroatoms. The van der Waals surface area contributed by atoms with Crippen molar-refractivity contribution in [3.05, 3.63) is 23.9 Å². The van der Waals surface area contributed by atoms with Crippen molar-refractivity contribution < 1.29 is 0 Å². The minimum atomic E-state index is 1.19. The number of rotatable bonds is 2. The average Bonchev–Trinajstić information content (AvgIpc) is 2.15. The first-order valence-electron chi connectivity index (χ1n) is 4.69. The van der Waals surface area contributed by atoms with Crippen LogP contribution in [0, 0.1) is 0 Å². The molecule has 1 aliphatic carbocycles. The van der Waals surface area contributed by atoms with E-state index in [-0.39, 0.29) is 0 Å². The highest BCUT2D eigenvalue weighted by Gasteiger charge is 2.04. The van der Waals surface area contributed by atoms with Gasteiger partial charge in [-0.2, -0.15) is 0 Å². The van der Waals surface area contributed by atoms with Gasteiger partial charge >= 0.3 is 0 Å². The van der Waals surface area contributed by atoms with Crippen LogP contribution >= 0.6 is 0 Å². The van der Waals surface area contributed by atoms with Crippen LogP contribution in [0.4, 0.5) is 0 Å². The highest BCUT2D eigenvalue weighted by atomic mass is 14.7. The van der Waals surface area contributed by atoms with Gasteiger partial charge in [0.15, 0.2) is 0 Å². The Morgan fingerprint density at radius 1 is 1.50 bits per heavy atom. The molecule has 0 unspecified atom stereocenters. The van der Waals surface area contributed by atoms with E-state index < -0.39 is 0 Å². The van der Waals surface area contributed by atoms with Crippen LogP contribution in [0.3, 0.4) is 0 Å². The average molecular weight is 163 g/mol. The molecule has 0 heterocycles. The minimum absolute atomic E-state index is 1.19. The fourth-order valence-corrected chi connectivity index (χ4v) is 1.44. The number of hydrogen-bond acceptors (Lipinski definition) is 1.